The fourth-order valence-corrected chi connectivity index (χ4v) is 3.55. The lowest BCUT2D eigenvalue weighted by Gasteiger charge is -2.30. The van der Waals surface area contributed by atoms with Gasteiger partial charge < -0.3 is 9.64 Å². The number of esters is 1. The number of piperidine rings is 1. The van der Waals surface area contributed by atoms with Crippen LogP contribution in [0.3, 0.4) is 0 Å². The van der Waals surface area contributed by atoms with Crippen LogP contribution in [0.25, 0.3) is 0 Å². The molecule has 1 saturated heterocycles. The van der Waals surface area contributed by atoms with Gasteiger partial charge in [-0.25, -0.2) is 12.7 Å². The van der Waals surface area contributed by atoms with Crippen LogP contribution in [0.2, 0.25) is 0 Å². The van der Waals surface area contributed by atoms with Crippen molar-refractivity contribution < 1.29 is 22.7 Å². The normalized spacial score (nSPS) is 16.2. The summed E-state index contributed by atoms with van der Waals surface area (Å²) < 4.78 is 29.9. The van der Waals surface area contributed by atoms with Gasteiger partial charge in [-0.1, -0.05) is 0 Å². The molecule has 7 nitrogen and oxygen atoms in total. The van der Waals surface area contributed by atoms with Gasteiger partial charge in [-0.3, -0.25) is 9.59 Å². The summed E-state index contributed by atoms with van der Waals surface area (Å²) in [5, 5.41) is 0. The molecular formula is C16H22N2O5S. The number of methoxy groups -OCH3 is 1. The summed E-state index contributed by atoms with van der Waals surface area (Å²) in [6, 6.07) is 5.91. The molecule has 1 fully saturated rings. The van der Waals surface area contributed by atoms with E-state index in [-0.39, 0.29) is 22.7 Å². The summed E-state index contributed by atoms with van der Waals surface area (Å²) in [5.74, 6) is -0.556. The molecule has 0 atom stereocenters. The third kappa shape index (κ3) is 3.76. The maximum Gasteiger partial charge on any atom is 0.308 e. The topological polar surface area (TPSA) is 84.0 Å². The van der Waals surface area contributed by atoms with Crippen molar-refractivity contribution in [2.24, 2.45) is 5.92 Å². The van der Waals surface area contributed by atoms with Gasteiger partial charge >= 0.3 is 5.97 Å². The van der Waals surface area contributed by atoms with Crippen LogP contribution < -0.4 is 0 Å². The highest BCUT2D eigenvalue weighted by Gasteiger charge is 2.28. The van der Waals surface area contributed by atoms with E-state index in [0.717, 1.165) is 4.31 Å². The molecule has 8 heteroatoms. The first-order chi connectivity index (χ1) is 11.3. The first-order valence-electron chi connectivity index (χ1n) is 7.67. The number of benzene rings is 1. The first-order valence-corrected chi connectivity index (χ1v) is 9.11. The molecule has 1 aromatic carbocycles. The number of likely N-dealkylation sites (tertiary alicyclic amines) is 1. The Balaban J connectivity index is 2.05. The Morgan fingerprint density at radius 3 is 2.12 bits per heavy atom. The highest BCUT2D eigenvalue weighted by molar-refractivity contribution is 7.89. The monoisotopic (exact) mass is 354 g/mol. The predicted molar refractivity (Wildman–Crippen MR) is 88.0 cm³/mol. The number of sulfonamides is 1. The molecule has 2 rings (SSSR count). The first kappa shape index (κ1) is 18.4. The summed E-state index contributed by atoms with van der Waals surface area (Å²) in [5.41, 5.74) is 0.434. The van der Waals surface area contributed by atoms with Gasteiger partial charge in [-0.05, 0) is 37.1 Å². The number of carbonyl (C=O) groups is 2. The number of ether oxygens (including phenoxy) is 1. The highest BCUT2D eigenvalue weighted by atomic mass is 32.2. The molecule has 1 aromatic rings. The number of amides is 1. The Labute approximate surface area is 142 Å². The maximum atomic E-state index is 12.5. The molecule has 0 radical (unpaired) electrons. The standard InChI is InChI=1S/C16H22N2O5S/c1-17(2)24(21,22)14-6-4-12(5-7-14)15(19)18-10-8-13(9-11-18)16(20)23-3/h4-7,13H,8-11H2,1-3H3. The second-order valence-electron chi connectivity index (χ2n) is 5.90. The molecule has 0 bridgehead atoms. The van der Waals surface area contributed by atoms with E-state index in [1.165, 1.54) is 45.5 Å². The molecule has 24 heavy (non-hydrogen) atoms. The highest BCUT2D eigenvalue weighted by Crippen LogP contribution is 2.21. The van der Waals surface area contributed by atoms with E-state index < -0.39 is 10.0 Å². The minimum Gasteiger partial charge on any atom is -0.469 e. The molecular weight excluding hydrogens is 332 g/mol. The lowest BCUT2D eigenvalue weighted by molar-refractivity contribution is -0.146. The molecule has 1 aliphatic heterocycles. The molecule has 1 heterocycles. The minimum atomic E-state index is -3.51. The number of nitrogens with zero attached hydrogens (tertiary/aromatic N) is 2. The zero-order valence-electron chi connectivity index (χ0n) is 14.1. The van der Waals surface area contributed by atoms with E-state index in [9.17, 15) is 18.0 Å². The van der Waals surface area contributed by atoms with Crippen LogP contribution in [0.1, 0.15) is 23.2 Å². The Morgan fingerprint density at radius 2 is 1.67 bits per heavy atom. The molecule has 0 unspecified atom stereocenters. The van der Waals surface area contributed by atoms with Gasteiger partial charge in [0, 0.05) is 32.7 Å². The quantitative estimate of drug-likeness (QED) is 0.752. The second kappa shape index (κ2) is 7.31. The van der Waals surface area contributed by atoms with Gasteiger partial charge in [0.15, 0.2) is 0 Å². The van der Waals surface area contributed by atoms with Crippen molar-refractivity contribution in [3.05, 3.63) is 29.8 Å². The fourth-order valence-electron chi connectivity index (χ4n) is 2.65. The third-order valence-electron chi connectivity index (χ3n) is 4.20. The molecule has 0 spiro atoms. The van der Waals surface area contributed by atoms with E-state index in [1.54, 1.807) is 4.90 Å². The van der Waals surface area contributed by atoms with Crippen LogP contribution in [-0.2, 0) is 19.6 Å². The lowest BCUT2D eigenvalue weighted by Crippen LogP contribution is -2.40. The molecule has 0 N–H and O–H groups in total. The van der Waals surface area contributed by atoms with Crippen LogP contribution in [0.5, 0.6) is 0 Å². The summed E-state index contributed by atoms with van der Waals surface area (Å²) >= 11 is 0. The van der Waals surface area contributed by atoms with Crippen molar-refractivity contribution >= 4 is 21.9 Å². The number of hydrogen-bond acceptors (Lipinski definition) is 5. The van der Waals surface area contributed by atoms with Gasteiger partial charge in [-0.2, -0.15) is 0 Å². The van der Waals surface area contributed by atoms with Crippen LogP contribution in [0.15, 0.2) is 29.2 Å². The maximum absolute atomic E-state index is 12.5. The van der Waals surface area contributed by atoms with E-state index in [1.807, 2.05) is 0 Å². The molecule has 1 aliphatic rings. The SMILES string of the molecule is COC(=O)C1CCN(C(=O)c2ccc(S(=O)(=O)N(C)C)cc2)CC1. The van der Waals surface area contributed by atoms with Crippen LogP contribution in [0.4, 0.5) is 0 Å². The van der Waals surface area contributed by atoms with Gasteiger partial charge in [0.05, 0.1) is 17.9 Å². The minimum absolute atomic E-state index is 0.147. The molecule has 0 aliphatic carbocycles. The third-order valence-corrected chi connectivity index (χ3v) is 6.03. The van der Waals surface area contributed by atoms with Gasteiger partial charge in [-0.15, -0.1) is 0 Å². The predicted octanol–water partition coefficient (Wildman–Crippen LogP) is 0.962. The average molecular weight is 354 g/mol. The number of rotatable bonds is 4. The summed E-state index contributed by atoms with van der Waals surface area (Å²) in [4.78, 5) is 25.8. The van der Waals surface area contributed by atoms with E-state index >= 15 is 0 Å². The number of carbonyl (C=O) groups excluding carboxylic acids is 2. The van der Waals surface area contributed by atoms with E-state index in [2.05, 4.69) is 0 Å². The molecule has 0 saturated carbocycles. The Bertz CT molecular complexity index is 704. The summed E-state index contributed by atoms with van der Waals surface area (Å²) in [6.45, 7) is 0.965. The van der Waals surface area contributed by atoms with Crippen molar-refractivity contribution in [3.8, 4) is 0 Å². The fraction of sp³-hybridized carbons (Fsp3) is 0.500. The summed E-state index contributed by atoms with van der Waals surface area (Å²) in [7, 11) is 0.774. The Hall–Kier alpha value is -1.93. The smallest absolute Gasteiger partial charge is 0.308 e. The Kier molecular flexibility index (Phi) is 5.61. The molecule has 0 aromatic heterocycles. The zero-order valence-corrected chi connectivity index (χ0v) is 14.9. The van der Waals surface area contributed by atoms with Crippen molar-refractivity contribution in [1.29, 1.82) is 0 Å². The van der Waals surface area contributed by atoms with Crippen molar-refractivity contribution in [2.45, 2.75) is 17.7 Å². The molecule has 1 amide bonds. The van der Waals surface area contributed by atoms with Crippen molar-refractivity contribution in [2.75, 3.05) is 34.3 Å². The van der Waals surface area contributed by atoms with Crippen LogP contribution in [0, 0.1) is 5.92 Å². The van der Waals surface area contributed by atoms with Gasteiger partial charge in [0.2, 0.25) is 10.0 Å². The lowest BCUT2D eigenvalue weighted by atomic mass is 9.96. The average Bonchev–Trinajstić information content (AvgIpc) is 2.60. The Morgan fingerprint density at radius 1 is 1.12 bits per heavy atom. The largest absolute Gasteiger partial charge is 0.469 e. The van der Waals surface area contributed by atoms with Crippen LogP contribution in [-0.4, -0.2) is 63.8 Å². The van der Waals surface area contributed by atoms with Crippen LogP contribution >= 0.6 is 0 Å². The van der Waals surface area contributed by atoms with Crippen molar-refractivity contribution in [3.63, 3.8) is 0 Å². The number of hydrogen-bond donors (Lipinski definition) is 0. The van der Waals surface area contributed by atoms with E-state index in [0.29, 0.717) is 31.5 Å². The van der Waals surface area contributed by atoms with Gasteiger partial charge in [0.25, 0.3) is 5.91 Å². The van der Waals surface area contributed by atoms with Crippen molar-refractivity contribution in [1.82, 2.24) is 9.21 Å². The molecule has 132 valence electrons. The summed E-state index contributed by atoms with van der Waals surface area (Å²) in [6.07, 6.45) is 1.15. The zero-order chi connectivity index (χ0) is 17.9. The van der Waals surface area contributed by atoms with E-state index in [4.69, 9.17) is 4.74 Å². The van der Waals surface area contributed by atoms with Gasteiger partial charge in [0.1, 0.15) is 0 Å². The second-order valence-corrected chi connectivity index (χ2v) is 8.05.